The molecule has 0 radical (unpaired) electrons. The lowest BCUT2D eigenvalue weighted by Crippen LogP contribution is -2.40. The van der Waals surface area contributed by atoms with Crippen LogP contribution in [0.4, 0.5) is 0 Å². The van der Waals surface area contributed by atoms with E-state index < -0.39 is 24.3 Å². The maximum Gasteiger partial charge on any atom is 0.361 e. The molecule has 9 heteroatoms. The summed E-state index contributed by atoms with van der Waals surface area (Å²) in [7, 11) is 5.96. The molecule has 0 bridgehead atoms. The van der Waals surface area contributed by atoms with Gasteiger partial charge >= 0.3 is 17.9 Å². The van der Waals surface area contributed by atoms with Crippen LogP contribution in [0.15, 0.2) is 85.1 Å². The molecule has 0 aromatic rings. The normalized spacial score (nSPS) is 13.4. The van der Waals surface area contributed by atoms with Crippen LogP contribution in [0.2, 0.25) is 0 Å². The van der Waals surface area contributed by atoms with E-state index in [0.717, 1.165) is 89.9 Å². The highest BCUT2D eigenvalue weighted by Gasteiger charge is 2.25. The van der Waals surface area contributed by atoms with Crippen LogP contribution in [-0.2, 0) is 33.3 Å². The fourth-order valence-corrected chi connectivity index (χ4v) is 7.72. The van der Waals surface area contributed by atoms with Gasteiger partial charge in [0.15, 0.2) is 6.10 Å². The Morgan fingerprint density at radius 2 is 0.803 bits per heavy atom. The van der Waals surface area contributed by atoms with Crippen molar-refractivity contribution in [3.63, 3.8) is 0 Å². The third-order valence-corrected chi connectivity index (χ3v) is 12.1. The summed E-state index contributed by atoms with van der Waals surface area (Å²) in [5.41, 5.74) is 0. The van der Waals surface area contributed by atoms with Crippen molar-refractivity contribution in [2.24, 2.45) is 0 Å². The lowest BCUT2D eigenvalue weighted by Gasteiger charge is -2.25. The van der Waals surface area contributed by atoms with Crippen molar-refractivity contribution in [3.05, 3.63) is 85.1 Å². The van der Waals surface area contributed by atoms with Crippen LogP contribution >= 0.6 is 0 Å². The Morgan fingerprint density at radius 1 is 0.437 bits per heavy atom. The number of carboxylic acids is 1. The number of hydrogen-bond acceptors (Lipinski definition) is 7. The van der Waals surface area contributed by atoms with Crippen LogP contribution in [0.3, 0.4) is 0 Å². The molecule has 71 heavy (non-hydrogen) atoms. The number of aliphatic carboxylic acids is 1. The van der Waals surface area contributed by atoms with Crippen molar-refractivity contribution in [3.8, 4) is 0 Å². The van der Waals surface area contributed by atoms with Gasteiger partial charge in [0.05, 0.1) is 34.4 Å². The summed E-state index contributed by atoms with van der Waals surface area (Å²) in [6.45, 7) is 4.72. The summed E-state index contributed by atoms with van der Waals surface area (Å²) in [4.78, 5) is 37.4. The summed E-state index contributed by atoms with van der Waals surface area (Å²) in [6.07, 6.45) is 66.6. The molecule has 0 aromatic heterocycles. The second-order valence-electron chi connectivity index (χ2n) is 20.2. The van der Waals surface area contributed by atoms with Crippen molar-refractivity contribution >= 4 is 17.9 Å². The third-order valence-electron chi connectivity index (χ3n) is 12.1. The van der Waals surface area contributed by atoms with E-state index in [1.54, 1.807) is 0 Å². The Bertz CT molecular complexity index is 1440. The van der Waals surface area contributed by atoms with Gasteiger partial charge in [-0.15, -0.1) is 0 Å². The number of nitrogens with zero attached hydrogens (tertiary/aromatic N) is 1. The number of unbranched alkanes of at least 4 members (excludes halogenated alkanes) is 23. The number of rotatable bonds is 52. The summed E-state index contributed by atoms with van der Waals surface area (Å²) in [5, 5.41) is 9.69. The van der Waals surface area contributed by atoms with E-state index in [-0.39, 0.29) is 38.6 Å². The number of hydrogen-bond donors (Lipinski definition) is 1. The Labute approximate surface area is 436 Å². The van der Waals surface area contributed by atoms with Crippen LogP contribution in [0, 0.1) is 0 Å². The molecule has 0 aliphatic heterocycles. The average Bonchev–Trinajstić information content (AvgIpc) is 3.34. The van der Waals surface area contributed by atoms with Crippen molar-refractivity contribution in [2.75, 3.05) is 47.5 Å². The Kier molecular flexibility index (Phi) is 50.2. The molecule has 0 heterocycles. The van der Waals surface area contributed by atoms with Gasteiger partial charge in [-0.2, -0.15) is 0 Å². The number of likely N-dealkylation sites (N-methyl/N-ethyl adjacent to an activating group) is 1. The van der Waals surface area contributed by atoms with Gasteiger partial charge in [-0.3, -0.25) is 9.59 Å². The number of carbonyl (C=O) groups excluding carboxylic acids is 2. The number of carboxylic acid groups (broad SMARTS) is 1. The minimum atomic E-state index is -1.52. The molecule has 408 valence electrons. The van der Waals surface area contributed by atoms with Gasteiger partial charge in [-0.25, -0.2) is 4.79 Å². The highest BCUT2D eigenvalue weighted by Crippen LogP contribution is 2.16. The Hall–Kier alpha value is -3.53. The summed E-state index contributed by atoms with van der Waals surface area (Å²) in [6, 6.07) is 0. The Balaban J connectivity index is 4.18. The van der Waals surface area contributed by atoms with E-state index in [1.165, 1.54) is 109 Å². The zero-order valence-electron chi connectivity index (χ0n) is 46.4. The SMILES string of the molecule is CC/C=C\C/C=C\C/C=C\C/C=C\C/C=C\CCCCCCCCCCCCCCCCCC(=O)OC(COC(=O)CCCCCCC/C=C\C/C=C\CCCCC)COC(OCC[N+](C)(C)C)C(=O)O. The summed E-state index contributed by atoms with van der Waals surface area (Å²) >= 11 is 0. The summed E-state index contributed by atoms with van der Waals surface area (Å²) in [5.74, 6) is -2.02. The van der Waals surface area contributed by atoms with Crippen LogP contribution in [0.1, 0.15) is 232 Å². The first kappa shape index (κ1) is 67.5. The highest BCUT2D eigenvalue weighted by atomic mass is 16.7. The van der Waals surface area contributed by atoms with E-state index in [1.807, 2.05) is 21.1 Å². The van der Waals surface area contributed by atoms with Gasteiger partial charge in [0.25, 0.3) is 6.29 Å². The van der Waals surface area contributed by atoms with Crippen molar-refractivity contribution < 1.29 is 42.9 Å². The molecule has 0 amide bonds. The first-order valence-electron chi connectivity index (χ1n) is 28.8. The number of allylic oxidation sites excluding steroid dienone is 14. The lowest BCUT2D eigenvalue weighted by atomic mass is 10.0. The fourth-order valence-electron chi connectivity index (χ4n) is 7.72. The largest absolute Gasteiger partial charge is 0.477 e. The average molecular weight is 996 g/mol. The first-order chi connectivity index (χ1) is 34.6. The number of quaternary nitrogens is 1. The fraction of sp³-hybridized carbons (Fsp3) is 0.726. The maximum absolute atomic E-state index is 12.9. The first-order valence-corrected chi connectivity index (χ1v) is 28.8. The number of carbonyl (C=O) groups is 3. The van der Waals surface area contributed by atoms with Gasteiger partial charge < -0.3 is 28.5 Å². The zero-order chi connectivity index (χ0) is 52.0. The molecule has 0 aromatic carbocycles. The topological polar surface area (TPSA) is 108 Å². The smallest absolute Gasteiger partial charge is 0.361 e. The van der Waals surface area contributed by atoms with Gasteiger partial charge in [-0.05, 0) is 89.9 Å². The van der Waals surface area contributed by atoms with E-state index >= 15 is 0 Å². The zero-order valence-corrected chi connectivity index (χ0v) is 46.4. The third kappa shape index (κ3) is 54.1. The molecular weight excluding hydrogens is 887 g/mol. The predicted molar refractivity (Wildman–Crippen MR) is 299 cm³/mol. The van der Waals surface area contributed by atoms with Gasteiger partial charge in [0, 0.05) is 12.8 Å². The van der Waals surface area contributed by atoms with Gasteiger partial charge in [0.2, 0.25) is 0 Å². The lowest BCUT2D eigenvalue weighted by molar-refractivity contribution is -0.870. The molecule has 0 aliphatic carbocycles. The van der Waals surface area contributed by atoms with Crippen molar-refractivity contribution in [1.29, 1.82) is 0 Å². The van der Waals surface area contributed by atoms with E-state index in [2.05, 4.69) is 98.9 Å². The molecule has 2 unspecified atom stereocenters. The van der Waals surface area contributed by atoms with E-state index in [4.69, 9.17) is 18.9 Å². The van der Waals surface area contributed by atoms with Crippen LogP contribution in [0.25, 0.3) is 0 Å². The molecule has 0 saturated heterocycles. The molecule has 0 spiro atoms. The minimum Gasteiger partial charge on any atom is -0.477 e. The minimum absolute atomic E-state index is 0.183. The van der Waals surface area contributed by atoms with E-state index in [0.29, 0.717) is 17.4 Å². The molecule has 0 saturated carbocycles. The Morgan fingerprint density at radius 3 is 1.20 bits per heavy atom. The quantitative estimate of drug-likeness (QED) is 0.0211. The summed E-state index contributed by atoms with van der Waals surface area (Å²) < 4.78 is 22.8. The van der Waals surface area contributed by atoms with Gasteiger partial charge in [-0.1, -0.05) is 214 Å². The van der Waals surface area contributed by atoms with Crippen molar-refractivity contribution in [1.82, 2.24) is 0 Å². The van der Waals surface area contributed by atoms with Crippen LogP contribution in [0.5, 0.6) is 0 Å². The molecule has 2 atom stereocenters. The van der Waals surface area contributed by atoms with Crippen LogP contribution < -0.4 is 0 Å². The highest BCUT2D eigenvalue weighted by molar-refractivity contribution is 5.71. The molecule has 0 rings (SSSR count). The predicted octanol–water partition coefficient (Wildman–Crippen LogP) is 16.8. The molecular formula is C62H108NO8+. The van der Waals surface area contributed by atoms with Crippen LogP contribution in [-0.4, -0.2) is 87.4 Å². The standard InChI is InChI=1S/C62H107NO8/c1-6-8-10-12-14-16-18-20-22-23-24-25-26-27-28-29-30-31-32-33-34-35-36-37-39-41-43-45-47-49-51-53-60(65)71-58(57-70-62(61(66)67)68-55-54-63(3,4)5)56-69-59(64)52-50-48-46-44-42-40-38-21-19-17-15-13-11-9-7-2/h8,10,14-17,20-22,24-25,27-28,38,58,62H,6-7,9,11-13,18-19,23,26,29-37,39-57H2,1-5H3/p+1/b10-8-,16-14-,17-15-,22-20-,25-24-,28-27-,38-21-. The molecule has 0 fully saturated rings. The van der Waals surface area contributed by atoms with E-state index in [9.17, 15) is 19.5 Å². The second kappa shape index (κ2) is 52.8. The number of esters is 2. The molecule has 0 aliphatic rings. The molecule has 9 nitrogen and oxygen atoms in total. The monoisotopic (exact) mass is 995 g/mol. The molecule has 1 N–H and O–H groups in total. The maximum atomic E-state index is 12.9. The second-order valence-corrected chi connectivity index (χ2v) is 20.2. The number of ether oxygens (including phenoxy) is 4. The van der Waals surface area contributed by atoms with Crippen molar-refractivity contribution in [2.45, 2.75) is 245 Å². The van der Waals surface area contributed by atoms with Gasteiger partial charge in [0.1, 0.15) is 13.2 Å².